The molecule has 0 atom stereocenters. The Balaban J connectivity index is 1.49. The van der Waals surface area contributed by atoms with Gasteiger partial charge in [-0.05, 0) is 35.1 Å². The first-order valence-electron chi connectivity index (χ1n) is 8.32. The lowest BCUT2D eigenvalue weighted by Crippen LogP contribution is -2.00. The highest BCUT2D eigenvalue weighted by Crippen LogP contribution is 2.09. The van der Waals surface area contributed by atoms with Crippen molar-refractivity contribution in [3.63, 3.8) is 0 Å². The standard InChI is InChI=1S/C21H25BrO2/c1-2-18-5-9-20(10-6-18)16-23-13-3-4-14-24-17-21-11-7-19(15-22)8-12-21/h2,5-12H,1,3-4,13-17H2. The van der Waals surface area contributed by atoms with Crippen LogP contribution in [0.25, 0.3) is 6.08 Å². The van der Waals surface area contributed by atoms with Crippen molar-refractivity contribution in [2.45, 2.75) is 31.4 Å². The van der Waals surface area contributed by atoms with Crippen molar-refractivity contribution >= 4 is 22.0 Å². The van der Waals surface area contributed by atoms with Crippen molar-refractivity contribution in [3.8, 4) is 0 Å². The zero-order chi connectivity index (χ0) is 17.0. The minimum absolute atomic E-state index is 0.665. The zero-order valence-corrected chi connectivity index (χ0v) is 15.6. The first-order valence-corrected chi connectivity index (χ1v) is 9.44. The average Bonchev–Trinajstić information content (AvgIpc) is 2.65. The number of alkyl halides is 1. The van der Waals surface area contributed by atoms with E-state index in [9.17, 15) is 0 Å². The van der Waals surface area contributed by atoms with Crippen LogP contribution in [-0.2, 0) is 28.0 Å². The Hall–Kier alpha value is -1.42. The summed E-state index contributed by atoms with van der Waals surface area (Å²) in [6.07, 6.45) is 3.89. The van der Waals surface area contributed by atoms with E-state index >= 15 is 0 Å². The van der Waals surface area contributed by atoms with Crippen molar-refractivity contribution in [3.05, 3.63) is 77.4 Å². The third kappa shape index (κ3) is 7.00. The summed E-state index contributed by atoms with van der Waals surface area (Å²) in [4.78, 5) is 0. The summed E-state index contributed by atoms with van der Waals surface area (Å²) < 4.78 is 11.4. The third-order valence-corrected chi connectivity index (χ3v) is 4.40. The van der Waals surface area contributed by atoms with Crippen LogP contribution >= 0.6 is 15.9 Å². The van der Waals surface area contributed by atoms with Crippen molar-refractivity contribution in [1.82, 2.24) is 0 Å². The predicted octanol–water partition coefficient (Wildman–Crippen LogP) is 5.74. The van der Waals surface area contributed by atoms with Crippen LogP contribution in [0.15, 0.2) is 55.1 Å². The van der Waals surface area contributed by atoms with Crippen molar-refractivity contribution in [2.75, 3.05) is 13.2 Å². The van der Waals surface area contributed by atoms with Gasteiger partial charge in [0.2, 0.25) is 0 Å². The number of unbranched alkanes of at least 4 members (excludes halogenated alkanes) is 1. The molecule has 0 heterocycles. The van der Waals surface area contributed by atoms with Crippen LogP contribution in [0, 0.1) is 0 Å². The van der Waals surface area contributed by atoms with Gasteiger partial charge in [0.15, 0.2) is 0 Å². The third-order valence-electron chi connectivity index (χ3n) is 3.76. The summed E-state index contributed by atoms with van der Waals surface area (Å²) in [5, 5.41) is 0.895. The van der Waals surface area contributed by atoms with E-state index in [2.05, 4.69) is 71.0 Å². The molecule has 2 nitrogen and oxygen atoms in total. The van der Waals surface area contributed by atoms with Gasteiger partial charge in [0.05, 0.1) is 13.2 Å². The number of hydrogen-bond donors (Lipinski definition) is 0. The normalized spacial score (nSPS) is 10.7. The molecule has 2 aromatic carbocycles. The summed E-state index contributed by atoms with van der Waals surface area (Å²) in [6.45, 7) is 6.64. The molecule has 0 N–H and O–H groups in total. The van der Waals surface area contributed by atoms with Crippen molar-refractivity contribution < 1.29 is 9.47 Å². The van der Waals surface area contributed by atoms with E-state index in [1.165, 1.54) is 16.7 Å². The van der Waals surface area contributed by atoms with Crippen LogP contribution in [0.3, 0.4) is 0 Å². The lowest BCUT2D eigenvalue weighted by Gasteiger charge is -2.07. The fourth-order valence-electron chi connectivity index (χ4n) is 2.26. The molecule has 24 heavy (non-hydrogen) atoms. The number of hydrogen-bond acceptors (Lipinski definition) is 2. The van der Waals surface area contributed by atoms with Gasteiger partial charge in [0.1, 0.15) is 0 Å². The summed E-state index contributed by atoms with van der Waals surface area (Å²) in [5.74, 6) is 0. The molecule has 0 spiro atoms. The van der Waals surface area contributed by atoms with E-state index in [0.717, 1.165) is 36.9 Å². The van der Waals surface area contributed by atoms with Crippen LogP contribution in [-0.4, -0.2) is 13.2 Å². The van der Waals surface area contributed by atoms with Gasteiger partial charge in [0, 0.05) is 18.5 Å². The van der Waals surface area contributed by atoms with Crippen molar-refractivity contribution in [2.24, 2.45) is 0 Å². The molecule has 0 fully saturated rings. The lowest BCUT2D eigenvalue weighted by atomic mass is 10.1. The molecule has 0 bridgehead atoms. The lowest BCUT2D eigenvalue weighted by molar-refractivity contribution is 0.0898. The van der Waals surface area contributed by atoms with Gasteiger partial charge in [-0.25, -0.2) is 0 Å². The second kappa shape index (κ2) is 11.2. The highest BCUT2D eigenvalue weighted by Gasteiger charge is 1.96. The quantitative estimate of drug-likeness (QED) is 0.361. The molecule has 0 amide bonds. The topological polar surface area (TPSA) is 18.5 Å². The summed E-state index contributed by atoms with van der Waals surface area (Å²) in [6, 6.07) is 16.8. The maximum absolute atomic E-state index is 5.71. The molecule has 2 rings (SSSR count). The summed E-state index contributed by atoms with van der Waals surface area (Å²) >= 11 is 3.45. The van der Waals surface area contributed by atoms with Crippen LogP contribution in [0.4, 0.5) is 0 Å². The van der Waals surface area contributed by atoms with E-state index < -0.39 is 0 Å². The number of benzene rings is 2. The van der Waals surface area contributed by atoms with Crippen LogP contribution in [0.1, 0.15) is 35.1 Å². The minimum atomic E-state index is 0.665. The molecule has 0 unspecified atom stereocenters. The van der Waals surface area contributed by atoms with Crippen LogP contribution in [0.5, 0.6) is 0 Å². The predicted molar refractivity (Wildman–Crippen MR) is 104 cm³/mol. The van der Waals surface area contributed by atoms with Crippen LogP contribution in [0.2, 0.25) is 0 Å². The number of rotatable bonds is 11. The van der Waals surface area contributed by atoms with E-state index in [1.54, 1.807) is 0 Å². The SMILES string of the molecule is C=Cc1ccc(COCCCCOCc2ccc(CBr)cc2)cc1. The Labute approximate surface area is 153 Å². The Kier molecular flexibility index (Phi) is 8.82. The smallest absolute Gasteiger partial charge is 0.0716 e. The Morgan fingerprint density at radius 3 is 1.67 bits per heavy atom. The maximum atomic E-state index is 5.71. The molecular formula is C21H25BrO2. The van der Waals surface area contributed by atoms with Gasteiger partial charge >= 0.3 is 0 Å². The Morgan fingerprint density at radius 1 is 0.750 bits per heavy atom. The van der Waals surface area contributed by atoms with Gasteiger partial charge in [-0.15, -0.1) is 0 Å². The maximum Gasteiger partial charge on any atom is 0.0716 e. The monoisotopic (exact) mass is 388 g/mol. The Bertz CT molecular complexity index is 590. The first kappa shape index (κ1) is 18.9. The molecule has 0 saturated carbocycles. The molecule has 0 radical (unpaired) electrons. The van der Waals surface area contributed by atoms with E-state index in [4.69, 9.17) is 9.47 Å². The fourth-order valence-corrected chi connectivity index (χ4v) is 2.64. The molecule has 3 heteroatoms. The zero-order valence-electron chi connectivity index (χ0n) is 14.0. The van der Waals surface area contributed by atoms with Crippen LogP contribution < -0.4 is 0 Å². The van der Waals surface area contributed by atoms with Crippen molar-refractivity contribution in [1.29, 1.82) is 0 Å². The molecule has 0 aromatic heterocycles. The Morgan fingerprint density at radius 2 is 1.21 bits per heavy atom. The minimum Gasteiger partial charge on any atom is -0.377 e. The number of halogens is 1. The van der Waals surface area contributed by atoms with E-state index in [0.29, 0.717) is 13.2 Å². The highest BCUT2D eigenvalue weighted by molar-refractivity contribution is 9.08. The molecular weight excluding hydrogens is 364 g/mol. The molecule has 0 aliphatic heterocycles. The van der Waals surface area contributed by atoms with E-state index in [1.807, 2.05) is 6.08 Å². The average molecular weight is 389 g/mol. The van der Waals surface area contributed by atoms with Gasteiger partial charge < -0.3 is 9.47 Å². The summed E-state index contributed by atoms with van der Waals surface area (Å²) in [5.41, 5.74) is 4.84. The van der Waals surface area contributed by atoms with E-state index in [-0.39, 0.29) is 0 Å². The van der Waals surface area contributed by atoms with Gasteiger partial charge in [-0.1, -0.05) is 77.1 Å². The second-order valence-electron chi connectivity index (χ2n) is 5.71. The molecule has 128 valence electrons. The van der Waals surface area contributed by atoms with Gasteiger partial charge in [-0.2, -0.15) is 0 Å². The van der Waals surface area contributed by atoms with Gasteiger partial charge in [-0.3, -0.25) is 0 Å². The summed E-state index contributed by atoms with van der Waals surface area (Å²) in [7, 11) is 0. The number of ether oxygens (including phenoxy) is 2. The molecule has 0 aliphatic carbocycles. The largest absolute Gasteiger partial charge is 0.377 e. The highest BCUT2D eigenvalue weighted by atomic mass is 79.9. The second-order valence-corrected chi connectivity index (χ2v) is 6.27. The molecule has 2 aromatic rings. The fraction of sp³-hybridized carbons (Fsp3) is 0.333. The molecule has 0 aliphatic rings. The first-order chi connectivity index (χ1) is 11.8. The molecule has 0 saturated heterocycles. The van der Waals surface area contributed by atoms with Gasteiger partial charge in [0.25, 0.3) is 0 Å².